The Morgan fingerprint density at radius 3 is 2.44 bits per heavy atom. The predicted octanol–water partition coefficient (Wildman–Crippen LogP) is 4.39. The second kappa shape index (κ2) is 7.12. The van der Waals surface area contributed by atoms with Gasteiger partial charge in [0.05, 0.1) is 34.2 Å². The van der Waals surface area contributed by atoms with Gasteiger partial charge in [0.2, 0.25) is 0 Å². The number of benzene rings is 2. The molecule has 4 heterocycles. The van der Waals surface area contributed by atoms with Gasteiger partial charge in [-0.05, 0) is 49.2 Å². The van der Waals surface area contributed by atoms with Crippen LogP contribution in [0, 0.1) is 13.8 Å². The monoisotopic (exact) mass is 453 g/mol. The zero-order chi connectivity index (χ0) is 23.7. The van der Waals surface area contributed by atoms with Gasteiger partial charge in [-0.25, -0.2) is 4.79 Å². The minimum absolute atomic E-state index is 0.342. The first-order valence-electron chi connectivity index (χ1n) is 11.1. The molecule has 0 unspecified atom stereocenters. The Hall–Kier alpha value is -4.26. The van der Waals surface area contributed by atoms with Crippen LogP contribution in [0.2, 0.25) is 0 Å². The SMILES string of the molecule is Cc1ccc2c(c1)-n1c(-c3ccccc3C)c3c(=O)n(C)c(=O)n(C)c3c1[C@@H](c1ccco1)O2. The number of rotatable bonds is 2. The van der Waals surface area contributed by atoms with Crippen LogP contribution in [0.15, 0.2) is 74.9 Å². The Morgan fingerprint density at radius 2 is 1.71 bits per heavy atom. The van der Waals surface area contributed by atoms with E-state index in [1.165, 1.54) is 11.6 Å². The average molecular weight is 453 g/mol. The third-order valence-corrected chi connectivity index (χ3v) is 6.66. The highest BCUT2D eigenvalue weighted by atomic mass is 16.5. The van der Waals surface area contributed by atoms with Gasteiger partial charge in [-0.2, -0.15) is 0 Å². The maximum Gasteiger partial charge on any atom is 0.331 e. The van der Waals surface area contributed by atoms with Gasteiger partial charge in [0.1, 0.15) is 5.75 Å². The van der Waals surface area contributed by atoms with E-state index in [-0.39, 0.29) is 5.56 Å². The van der Waals surface area contributed by atoms with Crippen LogP contribution in [0.5, 0.6) is 5.75 Å². The summed E-state index contributed by atoms with van der Waals surface area (Å²) < 4.78 is 17.0. The summed E-state index contributed by atoms with van der Waals surface area (Å²) in [6.07, 6.45) is 0.960. The average Bonchev–Trinajstić information content (AvgIpc) is 3.48. The Kier molecular flexibility index (Phi) is 4.26. The third-order valence-electron chi connectivity index (χ3n) is 6.66. The Morgan fingerprint density at radius 1 is 0.912 bits per heavy atom. The van der Waals surface area contributed by atoms with E-state index in [1.54, 1.807) is 19.4 Å². The lowest BCUT2D eigenvalue weighted by Gasteiger charge is -2.29. The smallest absolute Gasteiger partial charge is 0.331 e. The lowest BCUT2D eigenvalue weighted by Crippen LogP contribution is -2.37. The Bertz CT molecular complexity index is 1720. The molecule has 170 valence electrons. The summed E-state index contributed by atoms with van der Waals surface area (Å²) in [5.41, 5.74) is 5.06. The van der Waals surface area contributed by atoms with E-state index in [9.17, 15) is 9.59 Å². The van der Waals surface area contributed by atoms with Crippen LogP contribution in [-0.2, 0) is 14.1 Å². The minimum Gasteiger partial charge on any atom is -0.474 e. The Labute approximate surface area is 195 Å². The van der Waals surface area contributed by atoms with Crippen molar-refractivity contribution in [2.45, 2.75) is 20.0 Å². The molecule has 0 aliphatic carbocycles. The molecule has 2 aromatic carbocycles. The zero-order valence-corrected chi connectivity index (χ0v) is 19.3. The summed E-state index contributed by atoms with van der Waals surface area (Å²) in [4.78, 5) is 26.7. The lowest BCUT2D eigenvalue weighted by molar-refractivity contribution is 0.199. The number of hydrogen-bond acceptors (Lipinski definition) is 4. The van der Waals surface area contributed by atoms with Crippen LogP contribution in [0.25, 0.3) is 27.8 Å². The molecule has 0 amide bonds. The van der Waals surface area contributed by atoms with Crippen LogP contribution in [0.3, 0.4) is 0 Å². The molecule has 1 atom stereocenters. The molecule has 5 aromatic rings. The second-order valence-corrected chi connectivity index (χ2v) is 8.80. The third kappa shape index (κ3) is 2.64. The van der Waals surface area contributed by atoms with Crippen molar-refractivity contribution in [3.63, 3.8) is 0 Å². The van der Waals surface area contributed by atoms with Crippen LogP contribution in [0.4, 0.5) is 0 Å². The minimum atomic E-state index is -0.636. The van der Waals surface area contributed by atoms with Crippen molar-refractivity contribution >= 4 is 10.9 Å². The van der Waals surface area contributed by atoms with E-state index in [1.807, 2.05) is 62.4 Å². The van der Waals surface area contributed by atoms with Gasteiger partial charge in [-0.1, -0.05) is 30.3 Å². The van der Waals surface area contributed by atoms with E-state index >= 15 is 0 Å². The van der Waals surface area contributed by atoms with E-state index in [0.29, 0.717) is 28.1 Å². The number of ether oxygens (including phenoxy) is 1. The molecular formula is C27H23N3O4. The molecule has 0 saturated heterocycles. The van der Waals surface area contributed by atoms with Crippen molar-refractivity contribution in [2.24, 2.45) is 14.1 Å². The quantitative estimate of drug-likeness (QED) is 0.398. The van der Waals surface area contributed by atoms with Gasteiger partial charge >= 0.3 is 5.69 Å². The van der Waals surface area contributed by atoms with Gasteiger partial charge in [0, 0.05) is 19.7 Å². The fourth-order valence-corrected chi connectivity index (χ4v) is 5.00. The zero-order valence-electron chi connectivity index (χ0n) is 19.3. The van der Waals surface area contributed by atoms with E-state index in [2.05, 4.69) is 4.57 Å². The summed E-state index contributed by atoms with van der Waals surface area (Å²) in [6.45, 7) is 4.04. The number of furan rings is 1. The van der Waals surface area contributed by atoms with Crippen molar-refractivity contribution < 1.29 is 9.15 Å². The highest BCUT2D eigenvalue weighted by Gasteiger charge is 2.37. The van der Waals surface area contributed by atoms with Crippen LogP contribution < -0.4 is 16.0 Å². The first-order chi connectivity index (χ1) is 16.4. The molecule has 6 rings (SSSR count). The number of aromatic nitrogens is 3. The molecule has 0 fully saturated rings. The van der Waals surface area contributed by atoms with Crippen molar-refractivity contribution in [2.75, 3.05) is 0 Å². The molecule has 0 bridgehead atoms. The molecule has 34 heavy (non-hydrogen) atoms. The molecule has 7 heteroatoms. The van der Waals surface area contributed by atoms with Gasteiger partial charge in [-0.15, -0.1) is 0 Å². The Balaban J connectivity index is 1.92. The summed E-state index contributed by atoms with van der Waals surface area (Å²) in [7, 11) is 3.21. The van der Waals surface area contributed by atoms with Crippen molar-refractivity contribution in [1.82, 2.24) is 13.7 Å². The molecular weight excluding hydrogens is 430 g/mol. The van der Waals surface area contributed by atoms with Crippen molar-refractivity contribution in [1.29, 1.82) is 0 Å². The first-order valence-corrected chi connectivity index (χ1v) is 11.1. The second-order valence-electron chi connectivity index (χ2n) is 8.80. The number of aryl methyl sites for hydroxylation is 3. The molecule has 0 radical (unpaired) electrons. The highest BCUT2D eigenvalue weighted by molar-refractivity contribution is 5.98. The molecule has 0 saturated carbocycles. The first kappa shape index (κ1) is 20.4. The summed E-state index contributed by atoms with van der Waals surface area (Å²) in [5, 5.41) is 0.475. The maximum absolute atomic E-state index is 13.7. The number of hydrogen-bond donors (Lipinski definition) is 0. The van der Waals surface area contributed by atoms with Crippen LogP contribution in [0.1, 0.15) is 28.7 Å². The summed E-state index contributed by atoms with van der Waals surface area (Å²) in [5.74, 6) is 1.27. The molecule has 1 aliphatic heterocycles. The van der Waals surface area contributed by atoms with Crippen molar-refractivity contribution in [3.8, 4) is 22.7 Å². The standard InChI is InChI=1S/C27H23N3O4/c1-15-11-12-19-18(14-15)30-22(17-9-6-5-8-16(17)2)21-23(28(3)27(32)29(4)26(21)31)24(30)25(34-19)20-10-7-13-33-20/h5-14,25H,1-4H3/t25-/m1/s1. The highest BCUT2D eigenvalue weighted by Crippen LogP contribution is 2.47. The number of nitrogens with zero attached hydrogens (tertiary/aromatic N) is 3. The van der Waals surface area contributed by atoms with Gasteiger partial charge < -0.3 is 13.7 Å². The van der Waals surface area contributed by atoms with E-state index in [0.717, 1.165) is 32.6 Å². The molecule has 0 N–H and O–H groups in total. The summed E-state index contributed by atoms with van der Waals surface area (Å²) in [6, 6.07) is 17.6. The maximum atomic E-state index is 13.7. The van der Waals surface area contributed by atoms with Crippen LogP contribution in [-0.4, -0.2) is 13.7 Å². The fourth-order valence-electron chi connectivity index (χ4n) is 5.00. The molecule has 3 aromatic heterocycles. The van der Waals surface area contributed by atoms with E-state index in [4.69, 9.17) is 9.15 Å². The van der Waals surface area contributed by atoms with Gasteiger partial charge in [0.15, 0.2) is 11.9 Å². The molecule has 0 spiro atoms. The topological polar surface area (TPSA) is 71.3 Å². The number of fused-ring (bicyclic) bond motifs is 5. The lowest BCUT2D eigenvalue weighted by atomic mass is 10.0. The largest absolute Gasteiger partial charge is 0.474 e. The van der Waals surface area contributed by atoms with E-state index < -0.39 is 11.8 Å². The normalized spacial score (nSPS) is 14.6. The van der Waals surface area contributed by atoms with Gasteiger partial charge in [0.25, 0.3) is 5.56 Å². The summed E-state index contributed by atoms with van der Waals surface area (Å²) >= 11 is 0. The van der Waals surface area contributed by atoms with Crippen LogP contribution >= 0.6 is 0 Å². The fraction of sp³-hybridized carbons (Fsp3) is 0.185. The molecule has 1 aliphatic rings. The van der Waals surface area contributed by atoms with Gasteiger partial charge in [-0.3, -0.25) is 13.9 Å². The van der Waals surface area contributed by atoms with Crippen molar-refractivity contribution in [3.05, 3.63) is 104 Å². The molecule has 7 nitrogen and oxygen atoms in total. The predicted molar refractivity (Wildman–Crippen MR) is 130 cm³/mol.